The van der Waals surface area contributed by atoms with Gasteiger partial charge in [-0.05, 0) is 38.0 Å². The Kier molecular flexibility index (Phi) is 5.55. The van der Waals surface area contributed by atoms with E-state index in [0.29, 0.717) is 36.2 Å². The molecule has 1 aromatic heterocycles. The number of nitrogens with two attached hydrogens (primary N) is 1. The highest BCUT2D eigenvalue weighted by atomic mass is 16.5. The molecule has 3 rings (SSSR count). The number of nitriles is 1. The molecule has 0 bridgehead atoms. The van der Waals surface area contributed by atoms with Crippen LogP contribution in [0.5, 0.6) is 17.4 Å². The monoisotopic (exact) mass is 368 g/mol. The Balaban J connectivity index is 2.15. The summed E-state index contributed by atoms with van der Waals surface area (Å²) in [5, 5.41) is 17.0. The Bertz CT molecular complexity index is 895. The first kappa shape index (κ1) is 18.6. The number of aryl methyl sites for hydroxylation is 1. The van der Waals surface area contributed by atoms with Crippen LogP contribution < -0.4 is 19.9 Å². The molecular weight excluding hydrogens is 344 g/mol. The average Bonchev–Trinajstić information content (AvgIpc) is 3.05. The fraction of sp³-hybridized carbons (Fsp3) is 0.400. The average molecular weight is 368 g/mol. The SMILES string of the molecule is CCCc1[nH]nc2c1[C@H](c1ccc(OCC)c(OCC)c1)C(C#N)=C(N)O2. The Hall–Kier alpha value is -3.14. The summed E-state index contributed by atoms with van der Waals surface area (Å²) in [6, 6.07) is 7.91. The third-order valence-corrected chi connectivity index (χ3v) is 4.42. The molecule has 27 heavy (non-hydrogen) atoms. The predicted molar refractivity (Wildman–Crippen MR) is 101 cm³/mol. The van der Waals surface area contributed by atoms with E-state index in [1.54, 1.807) is 0 Å². The van der Waals surface area contributed by atoms with E-state index in [2.05, 4.69) is 23.2 Å². The largest absolute Gasteiger partial charge is 0.490 e. The lowest BCUT2D eigenvalue weighted by Gasteiger charge is -2.25. The molecule has 142 valence electrons. The maximum atomic E-state index is 9.73. The molecular formula is C20H24N4O3. The van der Waals surface area contributed by atoms with Gasteiger partial charge in [-0.1, -0.05) is 19.4 Å². The molecule has 1 aromatic carbocycles. The van der Waals surface area contributed by atoms with Gasteiger partial charge in [0.1, 0.15) is 11.6 Å². The van der Waals surface area contributed by atoms with Gasteiger partial charge in [0.05, 0.1) is 19.1 Å². The van der Waals surface area contributed by atoms with E-state index in [9.17, 15) is 5.26 Å². The van der Waals surface area contributed by atoms with Gasteiger partial charge >= 0.3 is 0 Å². The molecule has 0 aliphatic carbocycles. The topological polar surface area (TPSA) is 106 Å². The Morgan fingerprint density at radius 1 is 1.22 bits per heavy atom. The molecule has 0 saturated heterocycles. The number of allylic oxidation sites excluding steroid dienone is 1. The molecule has 2 aromatic rings. The summed E-state index contributed by atoms with van der Waals surface area (Å²) in [5.74, 6) is 1.45. The van der Waals surface area contributed by atoms with Gasteiger partial charge < -0.3 is 19.9 Å². The maximum Gasteiger partial charge on any atom is 0.244 e. The fourth-order valence-electron chi connectivity index (χ4n) is 3.33. The molecule has 0 fully saturated rings. The van der Waals surface area contributed by atoms with Crippen molar-refractivity contribution in [2.45, 2.75) is 39.5 Å². The van der Waals surface area contributed by atoms with Crippen LogP contribution in [0.2, 0.25) is 0 Å². The summed E-state index contributed by atoms with van der Waals surface area (Å²) in [6.45, 7) is 6.99. The second-order valence-corrected chi connectivity index (χ2v) is 6.17. The summed E-state index contributed by atoms with van der Waals surface area (Å²) in [4.78, 5) is 0. The molecule has 1 aliphatic heterocycles. The van der Waals surface area contributed by atoms with Crippen molar-refractivity contribution < 1.29 is 14.2 Å². The third-order valence-electron chi connectivity index (χ3n) is 4.42. The van der Waals surface area contributed by atoms with Crippen LogP contribution in [0.15, 0.2) is 29.7 Å². The van der Waals surface area contributed by atoms with Crippen LogP contribution in [-0.4, -0.2) is 23.4 Å². The Morgan fingerprint density at radius 3 is 2.63 bits per heavy atom. The molecule has 0 radical (unpaired) electrons. The van der Waals surface area contributed by atoms with Crippen LogP contribution in [-0.2, 0) is 6.42 Å². The van der Waals surface area contributed by atoms with Crippen molar-refractivity contribution >= 4 is 0 Å². The third kappa shape index (κ3) is 3.43. The van der Waals surface area contributed by atoms with Gasteiger partial charge in [0.15, 0.2) is 11.5 Å². The van der Waals surface area contributed by atoms with E-state index in [-0.39, 0.29) is 11.8 Å². The van der Waals surface area contributed by atoms with Crippen LogP contribution in [0, 0.1) is 11.3 Å². The highest BCUT2D eigenvalue weighted by Gasteiger charge is 2.35. The van der Waals surface area contributed by atoms with E-state index >= 15 is 0 Å². The van der Waals surface area contributed by atoms with Crippen LogP contribution in [0.4, 0.5) is 0 Å². The number of aromatic nitrogens is 2. The highest BCUT2D eigenvalue weighted by molar-refractivity contribution is 5.57. The minimum atomic E-state index is -0.367. The molecule has 0 amide bonds. The van der Waals surface area contributed by atoms with Crippen LogP contribution in [0.1, 0.15) is 49.9 Å². The number of fused-ring (bicyclic) bond motifs is 1. The Morgan fingerprint density at radius 2 is 1.96 bits per heavy atom. The molecule has 3 N–H and O–H groups in total. The zero-order valence-electron chi connectivity index (χ0n) is 15.8. The zero-order valence-corrected chi connectivity index (χ0v) is 15.8. The molecule has 7 nitrogen and oxygen atoms in total. The number of nitrogens with one attached hydrogen (secondary N) is 1. The van der Waals surface area contributed by atoms with Crippen molar-refractivity contribution in [3.8, 4) is 23.4 Å². The second kappa shape index (κ2) is 8.04. The van der Waals surface area contributed by atoms with Crippen molar-refractivity contribution in [1.82, 2.24) is 10.2 Å². The van der Waals surface area contributed by atoms with Gasteiger partial charge in [-0.2, -0.15) is 5.26 Å². The molecule has 7 heteroatoms. The first-order valence-corrected chi connectivity index (χ1v) is 9.18. The number of aromatic amines is 1. The summed E-state index contributed by atoms with van der Waals surface area (Å²) in [5.41, 5.74) is 9.07. The quantitative estimate of drug-likeness (QED) is 0.776. The summed E-state index contributed by atoms with van der Waals surface area (Å²) >= 11 is 0. The lowest BCUT2D eigenvalue weighted by molar-refractivity contribution is 0.287. The van der Waals surface area contributed by atoms with Gasteiger partial charge in [0.2, 0.25) is 11.8 Å². The molecule has 0 saturated carbocycles. The number of H-pyrrole nitrogens is 1. The highest BCUT2D eigenvalue weighted by Crippen LogP contribution is 2.44. The number of benzene rings is 1. The number of nitrogens with zero attached hydrogens (tertiary/aromatic N) is 2. The molecule has 1 atom stereocenters. The first-order chi connectivity index (χ1) is 13.1. The number of hydrogen-bond acceptors (Lipinski definition) is 6. The summed E-state index contributed by atoms with van der Waals surface area (Å²) < 4.78 is 17.0. The van der Waals surface area contributed by atoms with Crippen molar-refractivity contribution in [3.05, 3.63) is 46.5 Å². The normalized spacial score (nSPS) is 15.7. The summed E-state index contributed by atoms with van der Waals surface area (Å²) in [7, 11) is 0. The molecule has 0 spiro atoms. The zero-order chi connectivity index (χ0) is 19.4. The van der Waals surface area contributed by atoms with Crippen LogP contribution >= 0.6 is 0 Å². The van der Waals surface area contributed by atoms with E-state index < -0.39 is 0 Å². The molecule has 2 heterocycles. The van der Waals surface area contributed by atoms with Crippen molar-refractivity contribution in [2.75, 3.05) is 13.2 Å². The summed E-state index contributed by atoms with van der Waals surface area (Å²) in [6.07, 6.45) is 1.74. The number of hydrogen-bond donors (Lipinski definition) is 2. The predicted octanol–water partition coefficient (Wildman–Crippen LogP) is 3.38. The number of ether oxygens (including phenoxy) is 3. The van der Waals surface area contributed by atoms with E-state index in [1.165, 1.54) is 0 Å². The van der Waals surface area contributed by atoms with E-state index in [0.717, 1.165) is 29.7 Å². The van der Waals surface area contributed by atoms with Crippen LogP contribution in [0.25, 0.3) is 0 Å². The van der Waals surface area contributed by atoms with Crippen molar-refractivity contribution in [1.29, 1.82) is 5.26 Å². The maximum absolute atomic E-state index is 9.73. The lowest BCUT2D eigenvalue weighted by atomic mass is 9.83. The fourth-order valence-corrected chi connectivity index (χ4v) is 3.33. The molecule has 0 unspecified atom stereocenters. The minimum Gasteiger partial charge on any atom is -0.490 e. The van der Waals surface area contributed by atoms with Gasteiger partial charge in [-0.25, -0.2) is 0 Å². The van der Waals surface area contributed by atoms with E-state index in [1.807, 2.05) is 32.0 Å². The van der Waals surface area contributed by atoms with Crippen molar-refractivity contribution in [3.63, 3.8) is 0 Å². The van der Waals surface area contributed by atoms with Gasteiger partial charge in [-0.15, -0.1) is 5.10 Å². The lowest BCUT2D eigenvalue weighted by Crippen LogP contribution is -2.21. The van der Waals surface area contributed by atoms with Gasteiger partial charge in [0.25, 0.3) is 0 Å². The second-order valence-electron chi connectivity index (χ2n) is 6.17. The Labute approximate surface area is 158 Å². The van der Waals surface area contributed by atoms with Gasteiger partial charge in [-0.3, -0.25) is 5.10 Å². The van der Waals surface area contributed by atoms with E-state index in [4.69, 9.17) is 19.9 Å². The standard InChI is InChI=1S/C20H24N4O3/c1-4-7-14-18-17(13(11-21)19(22)27-20(18)24-23-14)12-8-9-15(25-5-2)16(10-12)26-6-3/h8-10,17H,4-7,22H2,1-3H3,(H,23,24)/t17-/m1/s1. The minimum absolute atomic E-state index is 0.0800. The van der Waals surface area contributed by atoms with Gasteiger partial charge in [0, 0.05) is 11.3 Å². The number of rotatable bonds is 7. The smallest absolute Gasteiger partial charge is 0.244 e. The van der Waals surface area contributed by atoms with Crippen molar-refractivity contribution in [2.24, 2.45) is 5.73 Å². The first-order valence-electron chi connectivity index (χ1n) is 9.18. The molecule has 1 aliphatic rings. The van der Waals surface area contributed by atoms with Crippen LogP contribution in [0.3, 0.4) is 0 Å².